The van der Waals surface area contributed by atoms with Gasteiger partial charge in [0.2, 0.25) is 11.8 Å². The van der Waals surface area contributed by atoms with Crippen LogP contribution in [-0.4, -0.2) is 68.3 Å². The quantitative estimate of drug-likeness (QED) is 0.594. The highest BCUT2D eigenvalue weighted by Gasteiger charge is 2.37. The maximum absolute atomic E-state index is 12.1. The van der Waals surface area contributed by atoms with E-state index < -0.39 is 5.25 Å². The molecule has 0 spiro atoms. The molecule has 2 amide bonds. The molecule has 1 unspecified atom stereocenters. The Balaban J connectivity index is 2.21. The molecular formula is C12H16N4O3S2. The van der Waals surface area contributed by atoms with Gasteiger partial charge >= 0.3 is 0 Å². The lowest BCUT2D eigenvalue weighted by Crippen LogP contribution is -2.34. The van der Waals surface area contributed by atoms with Gasteiger partial charge in [-0.15, -0.1) is 10.2 Å². The summed E-state index contributed by atoms with van der Waals surface area (Å²) in [7, 11) is 1.64. The van der Waals surface area contributed by atoms with Crippen LogP contribution in [0.15, 0.2) is 22.4 Å². The molecule has 0 radical (unpaired) electrons. The summed E-state index contributed by atoms with van der Waals surface area (Å²) >= 11 is 2.47. The van der Waals surface area contributed by atoms with Gasteiger partial charge in [-0.1, -0.05) is 35.7 Å². The Kier molecular flexibility index (Phi) is 5.07. The minimum absolute atomic E-state index is 0.0267. The summed E-state index contributed by atoms with van der Waals surface area (Å²) in [5.74, 6) is 0.121. The van der Waals surface area contributed by atoms with Crippen LogP contribution in [0, 0.1) is 0 Å². The monoisotopic (exact) mass is 328 g/mol. The number of hydrogen-bond donors (Lipinski definition) is 1. The number of nitrogens with zero attached hydrogens (tertiary/aromatic N) is 4. The lowest BCUT2D eigenvalue weighted by molar-refractivity contribution is -0.126. The van der Waals surface area contributed by atoms with Gasteiger partial charge in [0.1, 0.15) is 5.25 Å². The summed E-state index contributed by atoms with van der Waals surface area (Å²) in [6.07, 6.45) is 0. The van der Waals surface area contributed by atoms with Gasteiger partial charge in [-0.3, -0.25) is 19.4 Å². The third kappa shape index (κ3) is 3.47. The highest BCUT2D eigenvalue weighted by molar-refractivity contribution is 8.15. The average Bonchev–Trinajstić information content (AvgIpc) is 2.91. The molecule has 9 heteroatoms. The third-order valence-electron chi connectivity index (χ3n) is 2.82. The minimum atomic E-state index is -0.557. The van der Waals surface area contributed by atoms with E-state index in [4.69, 9.17) is 0 Å². The summed E-state index contributed by atoms with van der Waals surface area (Å²) in [5.41, 5.74) is 0.811. The molecule has 1 atom stereocenters. The van der Waals surface area contributed by atoms with Crippen LogP contribution in [0.25, 0.3) is 0 Å². The largest absolute Gasteiger partial charge is 0.395 e. The van der Waals surface area contributed by atoms with Gasteiger partial charge in [-0.2, -0.15) is 0 Å². The van der Waals surface area contributed by atoms with E-state index >= 15 is 0 Å². The first-order valence-corrected chi connectivity index (χ1v) is 8.09. The topological polar surface area (TPSA) is 85.6 Å². The van der Waals surface area contributed by atoms with Crippen LogP contribution in [0.3, 0.4) is 0 Å². The zero-order valence-corrected chi connectivity index (χ0v) is 13.4. The Labute approximate surface area is 131 Å². The van der Waals surface area contributed by atoms with Crippen molar-refractivity contribution in [3.05, 3.63) is 12.2 Å². The summed E-state index contributed by atoms with van der Waals surface area (Å²) in [6.45, 7) is 5.69. The molecule has 2 aliphatic rings. The van der Waals surface area contributed by atoms with E-state index in [-0.39, 0.29) is 18.4 Å². The molecule has 7 nitrogen and oxygen atoms in total. The van der Waals surface area contributed by atoms with E-state index in [0.29, 0.717) is 22.6 Å². The van der Waals surface area contributed by atoms with Gasteiger partial charge in [0, 0.05) is 13.6 Å². The fourth-order valence-electron chi connectivity index (χ4n) is 1.73. The number of carbonyl (C=O) groups excluding carboxylic acids is 2. The molecule has 1 N–H and O–H groups in total. The van der Waals surface area contributed by atoms with Crippen molar-refractivity contribution in [2.24, 2.45) is 10.2 Å². The van der Waals surface area contributed by atoms with Crippen LogP contribution >= 0.6 is 23.5 Å². The smallest absolute Gasteiger partial charge is 0.244 e. The fourth-order valence-corrected chi connectivity index (χ4v) is 3.49. The Hall–Kier alpha value is -1.32. The second-order valence-corrected chi connectivity index (χ2v) is 6.79. The molecule has 2 aliphatic heterocycles. The van der Waals surface area contributed by atoms with Crippen molar-refractivity contribution in [1.82, 2.24) is 9.80 Å². The van der Waals surface area contributed by atoms with Gasteiger partial charge < -0.3 is 5.11 Å². The average molecular weight is 328 g/mol. The number of amidine groups is 2. The second-order valence-electron chi connectivity index (χ2n) is 4.68. The number of aliphatic hydroxyl groups is 1. The molecule has 114 valence electrons. The van der Waals surface area contributed by atoms with Crippen LogP contribution in [0.1, 0.15) is 6.92 Å². The number of carbonyl (C=O) groups is 2. The molecule has 0 aromatic carbocycles. The van der Waals surface area contributed by atoms with Crippen LogP contribution in [-0.2, 0) is 9.59 Å². The van der Waals surface area contributed by atoms with E-state index in [9.17, 15) is 14.7 Å². The van der Waals surface area contributed by atoms with E-state index in [1.165, 1.54) is 33.3 Å². The fraction of sp³-hybridized carbons (Fsp3) is 0.500. The number of rotatable bonds is 4. The van der Waals surface area contributed by atoms with E-state index in [2.05, 4.69) is 16.8 Å². The standard InChI is InChI=1S/C12H16N4O3S2/c1-7(2)4-16-10(19)8(5-17)21-12(16)14-13-11-15(3)9(18)6-20-11/h8,17H,1,4-6H2,2-3H3/b13-11+,14-12+. The molecule has 0 saturated carbocycles. The van der Waals surface area contributed by atoms with Gasteiger partial charge in [0.25, 0.3) is 0 Å². The molecule has 0 aromatic rings. The molecule has 2 rings (SSSR count). The predicted octanol–water partition coefficient (Wildman–Crippen LogP) is 0.331. The molecular weight excluding hydrogens is 312 g/mol. The first kappa shape index (κ1) is 16.1. The number of amides is 2. The molecule has 2 fully saturated rings. The number of hydrogen-bond acceptors (Lipinski definition) is 7. The predicted molar refractivity (Wildman–Crippen MR) is 85.1 cm³/mol. The summed E-state index contributed by atoms with van der Waals surface area (Å²) < 4.78 is 0. The first-order chi connectivity index (χ1) is 9.93. The van der Waals surface area contributed by atoms with Crippen molar-refractivity contribution in [2.45, 2.75) is 12.2 Å². The Morgan fingerprint density at radius 3 is 2.62 bits per heavy atom. The molecule has 0 aliphatic carbocycles. The molecule has 2 heterocycles. The van der Waals surface area contributed by atoms with Crippen molar-refractivity contribution in [2.75, 3.05) is 26.0 Å². The zero-order chi connectivity index (χ0) is 15.6. The lowest BCUT2D eigenvalue weighted by atomic mass is 10.3. The molecule has 2 saturated heterocycles. The first-order valence-electron chi connectivity index (χ1n) is 6.22. The van der Waals surface area contributed by atoms with Crippen molar-refractivity contribution in [1.29, 1.82) is 0 Å². The van der Waals surface area contributed by atoms with Crippen LogP contribution in [0.4, 0.5) is 0 Å². The van der Waals surface area contributed by atoms with Crippen LogP contribution in [0.2, 0.25) is 0 Å². The third-order valence-corrected chi connectivity index (χ3v) is 4.97. The van der Waals surface area contributed by atoms with Gasteiger partial charge in [-0.25, -0.2) is 0 Å². The van der Waals surface area contributed by atoms with Gasteiger partial charge in [0.15, 0.2) is 10.3 Å². The summed E-state index contributed by atoms with van der Waals surface area (Å²) in [6, 6.07) is 0. The lowest BCUT2D eigenvalue weighted by Gasteiger charge is -2.15. The highest BCUT2D eigenvalue weighted by Crippen LogP contribution is 2.28. The summed E-state index contributed by atoms with van der Waals surface area (Å²) in [4.78, 5) is 26.4. The normalized spacial score (nSPS) is 26.5. The Morgan fingerprint density at radius 2 is 2.10 bits per heavy atom. The van der Waals surface area contributed by atoms with E-state index in [1.54, 1.807) is 7.05 Å². The molecule has 0 bridgehead atoms. The maximum Gasteiger partial charge on any atom is 0.244 e. The summed E-state index contributed by atoms with van der Waals surface area (Å²) in [5, 5.41) is 17.7. The SMILES string of the molecule is C=C(C)CN1C(=O)C(CO)S/C1=N/N=C1/SCC(=O)N1C. The molecule has 0 aromatic heterocycles. The van der Waals surface area contributed by atoms with Crippen LogP contribution in [0.5, 0.6) is 0 Å². The Morgan fingerprint density at radius 1 is 1.43 bits per heavy atom. The maximum atomic E-state index is 12.1. The zero-order valence-electron chi connectivity index (χ0n) is 11.8. The van der Waals surface area contributed by atoms with Gasteiger partial charge in [-0.05, 0) is 6.92 Å². The van der Waals surface area contributed by atoms with Gasteiger partial charge in [0.05, 0.1) is 12.4 Å². The number of thioether (sulfide) groups is 2. The van der Waals surface area contributed by atoms with Crippen LogP contribution < -0.4 is 0 Å². The van der Waals surface area contributed by atoms with Crippen molar-refractivity contribution in [3.63, 3.8) is 0 Å². The van der Waals surface area contributed by atoms with E-state index in [1.807, 2.05) is 6.92 Å². The van der Waals surface area contributed by atoms with Crippen molar-refractivity contribution >= 4 is 45.7 Å². The van der Waals surface area contributed by atoms with Crippen molar-refractivity contribution < 1.29 is 14.7 Å². The number of aliphatic hydroxyl groups excluding tert-OH is 1. The second kappa shape index (κ2) is 6.63. The minimum Gasteiger partial charge on any atom is -0.395 e. The van der Waals surface area contributed by atoms with Crippen molar-refractivity contribution in [3.8, 4) is 0 Å². The van der Waals surface area contributed by atoms with E-state index in [0.717, 1.165) is 5.57 Å². The molecule has 21 heavy (non-hydrogen) atoms. The highest BCUT2D eigenvalue weighted by atomic mass is 32.2. The Bertz CT molecular complexity index is 547.